The minimum Gasteiger partial charge on any atom is -0.461 e. The molecular formula is C15H26BrClO5. The largest absolute Gasteiger partial charge is 0.461 e. The number of unbranched alkanes of at least 4 members (excludes halogenated alkanes) is 1. The van der Waals surface area contributed by atoms with Crippen LogP contribution in [0.25, 0.3) is 0 Å². The molecule has 0 aromatic carbocycles. The van der Waals surface area contributed by atoms with E-state index >= 15 is 0 Å². The van der Waals surface area contributed by atoms with E-state index in [1.165, 1.54) is 0 Å². The van der Waals surface area contributed by atoms with Crippen molar-refractivity contribution in [1.82, 2.24) is 0 Å². The van der Waals surface area contributed by atoms with Gasteiger partial charge in [-0.3, -0.25) is 9.59 Å². The number of rotatable bonds is 11. The average Bonchev–Trinajstić information content (AvgIpc) is 2.40. The lowest BCUT2D eigenvalue weighted by Crippen LogP contribution is -2.28. The van der Waals surface area contributed by atoms with E-state index in [0.29, 0.717) is 13.0 Å². The highest BCUT2D eigenvalue weighted by Gasteiger charge is 2.25. The van der Waals surface area contributed by atoms with E-state index in [0.717, 1.165) is 12.8 Å². The first-order chi connectivity index (χ1) is 10.1. The molecule has 1 atom stereocenters. The minimum atomic E-state index is -0.746. The Kier molecular flexibility index (Phi) is 11.1. The van der Waals surface area contributed by atoms with Gasteiger partial charge in [0, 0.05) is 6.61 Å². The van der Waals surface area contributed by atoms with Gasteiger partial charge in [-0.05, 0) is 47.0 Å². The van der Waals surface area contributed by atoms with E-state index in [1.54, 1.807) is 13.8 Å². The first-order valence-corrected chi connectivity index (χ1v) is 8.66. The van der Waals surface area contributed by atoms with Crippen LogP contribution in [0.2, 0.25) is 0 Å². The predicted molar refractivity (Wildman–Crippen MR) is 89.5 cm³/mol. The van der Waals surface area contributed by atoms with Crippen LogP contribution in [-0.2, 0) is 23.8 Å². The fraction of sp³-hybridized carbons (Fsp3) is 0.867. The molecule has 5 nitrogen and oxygen atoms in total. The lowest BCUT2D eigenvalue weighted by Gasteiger charge is -2.15. The van der Waals surface area contributed by atoms with E-state index in [-0.39, 0.29) is 19.3 Å². The van der Waals surface area contributed by atoms with Crippen molar-refractivity contribution in [2.75, 3.05) is 19.8 Å². The highest BCUT2D eigenvalue weighted by molar-refractivity contribution is 9.10. The second-order valence-electron chi connectivity index (χ2n) is 5.66. The zero-order valence-electron chi connectivity index (χ0n) is 13.7. The van der Waals surface area contributed by atoms with Gasteiger partial charge < -0.3 is 14.2 Å². The normalized spacial score (nSPS) is 13.0. The lowest BCUT2D eigenvalue weighted by atomic mass is 10.2. The topological polar surface area (TPSA) is 61.8 Å². The molecule has 0 aromatic rings. The van der Waals surface area contributed by atoms with Crippen molar-refractivity contribution in [1.29, 1.82) is 0 Å². The Balaban J connectivity index is 3.68. The molecule has 22 heavy (non-hydrogen) atoms. The molecule has 0 aromatic heterocycles. The van der Waals surface area contributed by atoms with Crippen molar-refractivity contribution in [3.8, 4) is 0 Å². The summed E-state index contributed by atoms with van der Waals surface area (Å²) >= 11 is 9.14. The second kappa shape index (κ2) is 11.2. The van der Waals surface area contributed by atoms with E-state index in [9.17, 15) is 9.59 Å². The molecule has 0 heterocycles. The number of alkyl halides is 2. The number of carbonyl (C=O) groups is 2. The van der Waals surface area contributed by atoms with Crippen LogP contribution < -0.4 is 0 Å². The van der Waals surface area contributed by atoms with Gasteiger partial charge in [-0.1, -0.05) is 15.9 Å². The van der Waals surface area contributed by atoms with Gasteiger partial charge in [-0.25, -0.2) is 0 Å². The van der Waals surface area contributed by atoms with Gasteiger partial charge in [0.25, 0.3) is 0 Å². The van der Waals surface area contributed by atoms with Gasteiger partial charge in [0.15, 0.2) is 0 Å². The third-order valence-corrected chi connectivity index (χ3v) is 3.33. The Morgan fingerprint density at radius 2 is 1.68 bits per heavy atom. The first kappa shape index (κ1) is 21.7. The van der Waals surface area contributed by atoms with Gasteiger partial charge in [-0.2, -0.15) is 0 Å². The number of hydrogen-bond donors (Lipinski definition) is 0. The monoisotopic (exact) mass is 400 g/mol. The highest BCUT2D eigenvalue weighted by atomic mass is 79.9. The minimum absolute atomic E-state index is 0.00728. The molecule has 0 fully saturated rings. The molecule has 0 bridgehead atoms. The molecule has 0 amide bonds. The van der Waals surface area contributed by atoms with Crippen molar-refractivity contribution in [2.45, 2.75) is 62.8 Å². The molecule has 0 saturated carbocycles. The quantitative estimate of drug-likeness (QED) is 0.301. The summed E-state index contributed by atoms with van der Waals surface area (Å²) in [5, 5.41) is -0.678. The summed E-state index contributed by atoms with van der Waals surface area (Å²) in [5.41, 5.74) is 0. The summed E-state index contributed by atoms with van der Waals surface area (Å²) in [6.45, 7) is 8.00. The van der Waals surface area contributed by atoms with Crippen LogP contribution in [-0.4, -0.2) is 47.6 Å². The Bertz CT molecular complexity index is 341. The first-order valence-electron chi connectivity index (χ1n) is 7.43. The number of hydrogen-bond acceptors (Lipinski definition) is 5. The zero-order valence-corrected chi connectivity index (χ0v) is 16.0. The highest BCUT2D eigenvalue weighted by Crippen LogP contribution is 2.17. The molecule has 0 spiro atoms. The molecule has 0 N–H and O–H groups in total. The van der Waals surface area contributed by atoms with Crippen LogP contribution in [0.15, 0.2) is 0 Å². The summed E-state index contributed by atoms with van der Waals surface area (Å²) in [6, 6.07) is 0. The van der Waals surface area contributed by atoms with Gasteiger partial charge in [0.2, 0.25) is 0 Å². The standard InChI is InChI=1S/C15H26BrClO5/c1-11(2)20-8-6-5-7-12(17)13(18)21-9-10-22-14(19)15(3,4)16/h11-12H,5-10H2,1-4H3. The Labute approximate surface area is 146 Å². The second-order valence-corrected chi connectivity index (χ2v) is 8.17. The summed E-state index contributed by atoms with van der Waals surface area (Å²) in [7, 11) is 0. The Morgan fingerprint density at radius 3 is 2.23 bits per heavy atom. The van der Waals surface area contributed by atoms with Gasteiger partial charge in [0.1, 0.15) is 22.9 Å². The third kappa shape index (κ3) is 11.3. The predicted octanol–water partition coefficient (Wildman–Crippen LogP) is 3.45. The molecular weight excluding hydrogens is 376 g/mol. The number of halogens is 2. The van der Waals surface area contributed by atoms with Crippen LogP contribution in [0.5, 0.6) is 0 Å². The van der Waals surface area contributed by atoms with Gasteiger partial charge >= 0.3 is 11.9 Å². The van der Waals surface area contributed by atoms with E-state index in [2.05, 4.69) is 15.9 Å². The van der Waals surface area contributed by atoms with E-state index < -0.39 is 21.6 Å². The smallest absolute Gasteiger partial charge is 0.324 e. The number of carbonyl (C=O) groups excluding carboxylic acids is 2. The van der Waals surface area contributed by atoms with Crippen LogP contribution in [0.1, 0.15) is 47.0 Å². The zero-order chi connectivity index (χ0) is 17.2. The average molecular weight is 402 g/mol. The van der Waals surface area contributed by atoms with E-state index in [1.807, 2.05) is 13.8 Å². The fourth-order valence-corrected chi connectivity index (χ4v) is 1.73. The molecule has 0 radical (unpaired) electrons. The third-order valence-electron chi connectivity index (χ3n) is 2.61. The van der Waals surface area contributed by atoms with Crippen molar-refractivity contribution in [3.63, 3.8) is 0 Å². The molecule has 0 aliphatic heterocycles. The molecule has 0 saturated heterocycles. The van der Waals surface area contributed by atoms with Gasteiger partial charge in [-0.15, -0.1) is 11.6 Å². The van der Waals surface area contributed by atoms with Crippen molar-refractivity contribution in [2.24, 2.45) is 0 Å². The summed E-state index contributed by atoms with van der Waals surface area (Å²) in [6.07, 6.45) is 2.40. The van der Waals surface area contributed by atoms with Crippen LogP contribution >= 0.6 is 27.5 Å². The maximum Gasteiger partial charge on any atom is 0.324 e. The molecule has 7 heteroatoms. The van der Waals surface area contributed by atoms with Crippen molar-refractivity contribution in [3.05, 3.63) is 0 Å². The van der Waals surface area contributed by atoms with Crippen molar-refractivity contribution >= 4 is 39.5 Å². The maximum absolute atomic E-state index is 11.6. The van der Waals surface area contributed by atoms with Crippen molar-refractivity contribution < 1.29 is 23.8 Å². The molecule has 1 unspecified atom stereocenters. The molecule has 130 valence electrons. The van der Waals surface area contributed by atoms with E-state index in [4.69, 9.17) is 25.8 Å². The summed E-state index contributed by atoms with van der Waals surface area (Å²) in [5.74, 6) is -0.892. The lowest BCUT2D eigenvalue weighted by molar-refractivity contribution is -0.153. The van der Waals surface area contributed by atoms with Gasteiger partial charge in [0.05, 0.1) is 6.10 Å². The molecule has 0 aliphatic carbocycles. The SMILES string of the molecule is CC(C)OCCCCC(Cl)C(=O)OCCOC(=O)C(C)(C)Br. The molecule has 0 aliphatic rings. The van der Waals surface area contributed by atoms with Crippen LogP contribution in [0.4, 0.5) is 0 Å². The number of ether oxygens (including phenoxy) is 3. The number of esters is 2. The summed E-state index contributed by atoms with van der Waals surface area (Å²) in [4.78, 5) is 23.1. The van der Waals surface area contributed by atoms with Crippen LogP contribution in [0.3, 0.4) is 0 Å². The van der Waals surface area contributed by atoms with Crippen LogP contribution in [0, 0.1) is 0 Å². The Morgan fingerprint density at radius 1 is 1.09 bits per heavy atom. The fourth-order valence-electron chi connectivity index (χ4n) is 1.40. The maximum atomic E-state index is 11.6. The Hall–Kier alpha value is -0.330. The summed E-state index contributed by atoms with van der Waals surface area (Å²) < 4.78 is 14.6. The molecule has 0 rings (SSSR count).